The number of halogens is 1. The molecular weight excluding hydrogens is 260 g/mol. The Morgan fingerprint density at radius 1 is 1.80 bits per heavy atom. The smallest absolute Gasteiger partial charge is 0.337 e. The fourth-order valence-corrected chi connectivity index (χ4v) is 1.37. The fourth-order valence-electron chi connectivity index (χ4n) is 0.908. The van der Waals surface area contributed by atoms with Crippen molar-refractivity contribution in [1.82, 2.24) is 4.98 Å². The van der Waals surface area contributed by atoms with Gasteiger partial charge in [0.2, 0.25) is 0 Å². The molecule has 0 spiro atoms. The van der Waals surface area contributed by atoms with Crippen molar-refractivity contribution < 1.29 is 9.90 Å². The minimum absolute atomic E-state index is 0.126. The van der Waals surface area contributed by atoms with E-state index >= 15 is 0 Å². The molecule has 15 heavy (non-hydrogen) atoms. The molecule has 0 amide bonds. The van der Waals surface area contributed by atoms with Gasteiger partial charge in [0.25, 0.3) is 0 Å². The Kier molecular flexibility index (Phi) is 3.69. The van der Waals surface area contributed by atoms with Gasteiger partial charge in [-0.3, -0.25) is 0 Å². The number of nitrogens with zero attached hydrogens (tertiary/aromatic N) is 1. The number of carboxylic acid groups (broad SMARTS) is 1. The Bertz CT molecular complexity index is 426. The molecule has 0 aromatic carbocycles. The molecule has 1 unspecified atom stereocenters. The summed E-state index contributed by atoms with van der Waals surface area (Å²) >= 11 is 3.22. The number of anilines is 1. The van der Waals surface area contributed by atoms with Gasteiger partial charge in [-0.05, 0) is 28.9 Å². The molecule has 1 heterocycles. The molecule has 1 aromatic heterocycles. The lowest BCUT2D eigenvalue weighted by atomic mass is 10.3. The maximum absolute atomic E-state index is 10.6. The summed E-state index contributed by atoms with van der Waals surface area (Å²) in [4.78, 5) is 14.6. The third-order valence-electron chi connectivity index (χ3n) is 1.69. The van der Waals surface area contributed by atoms with E-state index in [1.807, 2.05) is 0 Å². The van der Waals surface area contributed by atoms with Crippen LogP contribution < -0.4 is 5.32 Å². The van der Waals surface area contributed by atoms with E-state index in [-0.39, 0.29) is 11.6 Å². The summed E-state index contributed by atoms with van der Waals surface area (Å²) in [7, 11) is 0. The first-order valence-electron chi connectivity index (χ1n) is 4.16. The van der Waals surface area contributed by atoms with E-state index in [0.29, 0.717) is 10.3 Å². The van der Waals surface area contributed by atoms with Crippen LogP contribution in [0.15, 0.2) is 16.7 Å². The molecule has 0 saturated carbocycles. The summed E-state index contributed by atoms with van der Waals surface area (Å²) in [5.74, 6) is 2.01. The summed E-state index contributed by atoms with van der Waals surface area (Å²) in [6.45, 7) is 1.80. The zero-order valence-electron chi connectivity index (χ0n) is 7.99. The molecule has 0 radical (unpaired) electrons. The fraction of sp³-hybridized carbons (Fsp3) is 0.200. The first kappa shape index (κ1) is 11.5. The largest absolute Gasteiger partial charge is 0.478 e. The average Bonchev–Trinajstić information content (AvgIpc) is 2.20. The van der Waals surface area contributed by atoms with Gasteiger partial charge in [0, 0.05) is 6.20 Å². The third-order valence-corrected chi connectivity index (χ3v) is 2.30. The lowest BCUT2D eigenvalue weighted by molar-refractivity contribution is 0.0696. The van der Waals surface area contributed by atoms with E-state index in [1.165, 1.54) is 12.3 Å². The minimum Gasteiger partial charge on any atom is -0.478 e. The Hall–Kier alpha value is -1.54. The van der Waals surface area contributed by atoms with Crippen molar-refractivity contribution in [2.24, 2.45) is 0 Å². The summed E-state index contributed by atoms with van der Waals surface area (Å²) in [5.41, 5.74) is 0.126. The zero-order chi connectivity index (χ0) is 11.4. The van der Waals surface area contributed by atoms with E-state index in [9.17, 15) is 4.79 Å². The lowest BCUT2D eigenvalue weighted by Gasteiger charge is -2.10. The van der Waals surface area contributed by atoms with Gasteiger partial charge in [-0.25, -0.2) is 9.78 Å². The van der Waals surface area contributed by atoms with E-state index in [1.54, 1.807) is 6.92 Å². The number of hydrogen-bond donors (Lipinski definition) is 2. The summed E-state index contributed by atoms with van der Waals surface area (Å²) in [6.07, 6.45) is 6.47. The predicted octanol–water partition coefficient (Wildman–Crippen LogP) is 1.98. The van der Waals surface area contributed by atoms with Crippen LogP contribution in [0.5, 0.6) is 0 Å². The molecular formula is C10H9BrN2O2. The van der Waals surface area contributed by atoms with E-state index in [0.717, 1.165) is 0 Å². The predicted molar refractivity (Wildman–Crippen MR) is 60.8 cm³/mol. The van der Waals surface area contributed by atoms with Crippen molar-refractivity contribution >= 4 is 27.7 Å². The van der Waals surface area contributed by atoms with Crippen LogP contribution in [0, 0.1) is 12.3 Å². The van der Waals surface area contributed by atoms with Crippen LogP contribution >= 0.6 is 15.9 Å². The number of terminal acetylenes is 1. The number of carbonyl (C=O) groups is 1. The normalized spacial score (nSPS) is 11.5. The van der Waals surface area contributed by atoms with E-state index in [2.05, 4.69) is 32.2 Å². The molecule has 1 aromatic rings. The monoisotopic (exact) mass is 268 g/mol. The molecule has 0 aliphatic heterocycles. The van der Waals surface area contributed by atoms with Crippen LogP contribution in [-0.2, 0) is 0 Å². The molecule has 0 fully saturated rings. The second-order valence-corrected chi connectivity index (χ2v) is 3.75. The highest BCUT2D eigenvalue weighted by Gasteiger charge is 2.08. The van der Waals surface area contributed by atoms with Gasteiger partial charge in [-0.2, -0.15) is 0 Å². The molecule has 0 bridgehead atoms. The van der Waals surface area contributed by atoms with Crippen LogP contribution in [0.4, 0.5) is 5.82 Å². The molecule has 1 rings (SSSR count). The lowest BCUT2D eigenvalue weighted by Crippen LogP contribution is -2.14. The molecule has 78 valence electrons. The quantitative estimate of drug-likeness (QED) is 0.823. The Balaban J connectivity index is 2.94. The van der Waals surface area contributed by atoms with Crippen LogP contribution in [0.2, 0.25) is 0 Å². The SMILES string of the molecule is C#CC(C)Nc1ncc(C(=O)O)cc1Br. The summed E-state index contributed by atoms with van der Waals surface area (Å²) in [5, 5.41) is 11.7. The molecule has 4 nitrogen and oxygen atoms in total. The highest BCUT2D eigenvalue weighted by Crippen LogP contribution is 2.21. The van der Waals surface area contributed by atoms with Gasteiger partial charge >= 0.3 is 5.97 Å². The topological polar surface area (TPSA) is 62.2 Å². The minimum atomic E-state index is -1.01. The zero-order valence-corrected chi connectivity index (χ0v) is 9.58. The second kappa shape index (κ2) is 4.80. The average molecular weight is 269 g/mol. The summed E-state index contributed by atoms with van der Waals surface area (Å²) in [6, 6.07) is 1.31. The number of carboxylic acids is 1. The van der Waals surface area contributed by atoms with Gasteiger partial charge in [0.05, 0.1) is 16.1 Å². The maximum atomic E-state index is 10.6. The molecule has 1 atom stereocenters. The number of pyridine rings is 1. The Morgan fingerprint density at radius 3 is 2.93 bits per heavy atom. The highest BCUT2D eigenvalue weighted by atomic mass is 79.9. The van der Waals surface area contributed by atoms with Crippen LogP contribution in [0.3, 0.4) is 0 Å². The van der Waals surface area contributed by atoms with Crippen LogP contribution in [-0.4, -0.2) is 22.1 Å². The molecule has 0 aliphatic rings. The van der Waals surface area contributed by atoms with Crippen molar-refractivity contribution in [3.63, 3.8) is 0 Å². The van der Waals surface area contributed by atoms with Gasteiger partial charge in [-0.15, -0.1) is 6.42 Å². The van der Waals surface area contributed by atoms with Crippen molar-refractivity contribution in [3.05, 3.63) is 22.3 Å². The van der Waals surface area contributed by atoms with Crippen molar-refractivity contribution in [1.29, 1.82) is 0 Å². The van der Waals surface area contributed by atoms with Gasteiger partial charge < -0.3 is 10.4 Å². The van der Waals surface area contributed by atoms with Crippen LogP contribution in [0.1, 0.15) is 17.3 Å². The standard InChI is InChI=1S/C10H9BrN2O2/c1-3-6(2)13-9-8(11)4-7(5-12-9)10(14)15/h1,4-6H,2H3,(H,12,13)(H,14,15). The van der Waals surface area contributed by atoms with Gasteiger partial charge in [0.1, 0.15) is 5.82 Å². The number of nitrogens with one attached hydrogen (secondary N) is 1. The van der Waals surface area contributed by atoms with Crippen molar-refractivity contribution in [3.8, 4) is 12.3 Å². The Morgan fingerprint density at radius 2 is 2.47 bits per heavy atom. The van der Waals surface area contributed by atoms with Crippen LogP contribution in [0.25, 0.3) is 0 Å². The number of aromatic nitrogens is 1. The molecule has 0 saturated heterocycles. The number of aromatic carboxylic acids is 1. The van der Waals surface area contributed by atoms with E-state index in [4.69, 9.17) is 11.5 Å². The van der Waals surface area contributed by atoms with Gasteiger partial charge in [-0.1, -0.05) is 5.92 Å². The van der Waals surface area contributed by atoms with Crippen molar-refractivity contribution in [2.45, 2.75) is 13.0 Å². The van der Waals surface area contributed by atoms with Crippen molar-refractivity contribution in [2.75, 3.05) is 5.32 Å². The molecule has 0 aliphatic carbocycles. The first-order valence-corrected chi connectivity index (χ1v) is 4.95. The van der Waals surface area contributed by atoms with Gasteiger partial charge in [0.15, 0.2) is 0 Å². The molecule has 2 N–H and O–H groups in total. The number of rotatable bonds is 3. The molecule has 5 heteroatoms. The highest BCUT2D eigenvalue weighted by molar-refractivity contribution is 9.10. The second-order valence-electron chi connectivity index (χ2n) is 2.89. The first-order chi connectivity index (χ1) is 7.04. The maximum Gasteiger partial charge on any atom is 0.337 e. The Labute approximate surface area is 95.8 Å². The van der Waals surface area contributed by atoms with E-state index < -0.39 is 5.97 Å². The summed E-state index contributed by atoms with van der Waals surface area (Å²) < 4.78 is 0.574. The number of hydrogen-bond acceptors (Lipinski definition) is 3. The third kappa shape index (κ3) is 2.96.